The lowest BCUT2D eigenvalue weighted by molar-refractivity contribution is -0.131. The van der Waals surface area contributed by atoms with Crippen LogP contribution < -0.4 is 4.74 Å². The van der Waals surface area contributed by atoms with E-state index in [-0.39, 0.29) is 11.9 Å². The van der Waals surface area contributed by atoms with Crippen LogP contribution in [-0.2, 0) is 11.2 Å². The molecule has 0 aliphatic carbocycles. The van der Waals surface area contributed by atoms with E-state index in [4.69, 9.17) is 9.15 Å². The van der Waals surface area contributed by atoms with Gasteiger partial charge in [-0.2, -0.15) is 0 Å². The Labute approximate surface area is 158 Å². The van der Waals surface area contributed by atoms with Gasteiger partial charge in [0.25, 0.3) is 0 Å². The Kier molecular flexibility index (Phi) is 4.92. The van der Waals surface area contributed by atoms with Crippen LogP contribution in [0.2, 0.25) is 0 Å². The van der Waals surface area contributed by atoms with E-state index < -0.39 is 0 Å². The lowest BCUT2D eigenvalue weighted by atomic mass is 10.1. The predicted octanol–water partition coefficient (Wildman–Crippen LogP) is 4.68. The fourth-order valence-corrected chi connectivity index (χ4v) is 3.50. The van der Waals surface area contributed by atoms with Crippen molar-refractivity contribution in [3.63, 3.8) is 0 Å². The van der Waals surface area contributed by atoms with Crippen molar-refractivity contribution in [3.8, 4) is 11.5 Å². The van der Waals surface area contributed by atoms with Crippen LogP contribution in [0.3, 0.4) is 0 Å². The number of carbonyl (C=O) groups excluding carboxylic acids is 1. The van der Waals surface area contributed by atoms with Crippen LogP contribution in [-0.4, -0.2) is 22.3 Å². The molecule has 27 heavy (non-hydrogen) atoms. The normalized spacial score (nSPS) is 16.5. The summed E-state index contributed by atoms with van der Waals surface area (Å²) in [6.45, 7) is 2.78. The summed E-state index contributed by atoms with van der Waals surface area (Å²) in [5.74, 6) is 2.49. The first-order chi connectivity index (χ1) is 13.2. The smallest absolute Gasteiger partial charge is 0.227 e. The highest BCUT2D eigenvalue weighted by atomic mass is 16.5. The van der Waals surface area contributed by atoms with Crippen LogP contribution in [0.15, 0.2) is 65.5 Å². The first-order valence-corrected chi connectivity index (χ1v) is 9.21. The molecule has 5 heteroatoms. The van der Waals surface area contributed by atoms with E-state index in [1.54, 1.807) is 6.20 Å². The topological polar surface area (TPSA) is 55.6 Å². The first kappa shape index (κ1) is 17.3. The van der Waals surface area contributed by atoms with Crippen molar-refractivity contribution >= 4 is 5.91 Å². The molecule has 3 aromatic rings. The summed E-state index contributed by atoms with van der Waals surface area (Å²) in [6, 6.07) is 15.6. The van der Waals surface area contributed by atoms with E-state index in [0.29, 0.717) is 6.42 Å². The number of likely N-dealkylation sites (tertiary alicyclic amines) is 1. The van der Waals surface area contributed by atoms with E-state index in [9.17, 15) is 4.79 Å². The van der Waals surface area contributed by atoms with Gasteiger partial charge in [0.1, 0.15) is 17.3 Å². The molecule has 1 fully saturated rings. The summed E-state index contributed by atoms with van der Waals surface area (Å²) in [7, 11) is 0. The van der Waals surface area contributed by atoms with Crippen molar-refractivity contribution < 1.29 is 13.9 Å². The number of nitrogens with zero attached hydrogens (tertiary/aromatic N) is 2. The van der Waals surface area contributed by atoms with Gasteiger partial charge in [-0.1, -0.05) is 30.3 Å². The Morgan fingerprint density at radius 3 is 2.78 bits per heavy atom. The highest BCUT2D eigenvalue weighted by Crippen LogP contribution is 2.32. The van der Waals surface area contributed by atoms with Crippen molar-refractivity contribution in [1.29, 1.82) is 0 Å². The number of rotatable bonds is 5. The predicted molar refractivity (Wildman–Crippen MR) is 102 cm³/mol. The van der Waals surface area contributed by atoms with E-state index in [2.05, 4.69) is 4.98 Å². The molecular formula is C22H22N2O3. The second-order valence-electron chi connectivity index (χ2n) is 6.84. The van der Waals surface area contributed by atoms with Crippen LogP contribution in [0.25, 0.3) is 0 Å². The van der Waals surface area contributed by atoms with Gasteiger partial charge in [-0.3, -0.25) is 4.79 Å². The van der Waals surface area contributed by atoms with Crippen molar-refractivity contribution in [2.45, 2.75) is 32.2 Å². The number of para-hydroxylation sites is 1. The zero-order valence-electron chi connectivity index (χ0n) is 15.3. The number of oxazole rings is 1. The Morgan fingerprint density at radius 1 is 1.22 bits per heavy atom. The summed E-state index contributed by atoms with van der Waals surface area (Å²) in [5.41, 5.74) is 2.06. The number of aromatic nitrogens is 1. The van der Waals surface area contributed by atoms with E-state index in [1.807, 2.05) is 60.4 Å². The Bertz CT molecular complexity index is 904. The molecule has 0 spiro atoms. The Balaban J connectivity index is 1.41. The van der Waals surface area contributed by atoms with Gasteiger partial charge in [0.05, 0.1) is 18.7 Å². The lowest BCUT2D eigenvalue weighted by Crippen LogP contribution is -2.31. The maximum Gasteiger partial charge on any atom is 0.227 e. The Hall–Kier alpha value is -3.08. The third-order valence-electron chi connectivity index (χ3n) is 4.95. The first-order valence-electron chi connectivity index (χ1n) is 9.21. The third-order valence-corrected chi connectivity index (χ3v) is 4.95. The van der Waals surface area contributed by atoms with Crippen molar-refractivity contribution in [3.05, 3.63) is 78.0 Å². The van der Waals surface area contributed by atoms with Gasteiger partial charge in [0.2, 0.25) is 5.91 Å². The SMILES string of the molecule is Cc1ccccc1Oc1ccc(CC(=O)N2CCCC2c2cnco2)cc1. The molecule has 1 aliphatic heterocycles. The van der Waals surface area contributed by atoms with Crippen LogP contribution in [0.4, 0.5) is 0 Å². The van der Waals surface area contributed by atoms with Gasteiger partial charge in [-0.05, 0) is 49.1 Å². The molecule has 0 bridgehead atoms. The molecular weight excluding hydrogens is 340 g/mol. The average molecular weight is 362 g/mol. The van der Waals surface area contributed by atoms with Crippen molar-refractivity contribution in [1.82, 2.24) is 9.88 Å². The van der Waals surface area contributed by atoms with E-state index >= 15 is 0 Å². The highest BCUT2D eigenvalue weighted by Gasteiger charge is 2.31. The minimum atomic E-state index is 0.00339. The van der Waals surface area contributed by atoms with Crippen molar-refractivity contribution in [2.75, 3.05) is 6.54 Å². The van der Waals surface area contributed by atoms with Crippen molar-refractivity contribution in [2.24, 2.45) is 0 Å². The maximum atomic E-state index is 12.8. The maximum absolute atomic E-state index is 12.8. The molecule has 1 aliphatic rings. The monoisotopic (exact) mass is 362 g/mol. The molecule has 1 saturated heterocycles. The van der Waals surface area contributed by atoms with E-state index in [0.717, 1.165) is 47.8 Å². The minimum absolute atomic E-state index is 0.00339. The standard InChI is InChI=1S/C22H22N2O3/c1-16-5-2-3-7-20(16)27-18-10-8-17(9-11-18)13-22(25)24-12-4-6-19(24)21-14-23-15-26-21/h2-3,5,7-11,14-15,19H,4,6,12-13H2,1H3. The average Bonchev–Trinajstić information content (AvgIpc) is 3.36. The number of hydrogen-bond donors (Lipinski definition) is 0. The van der Waals surface area contributed by atoms with Gasteiger partial charge in [-0.15, -0.1) is 0 Å². The van der Waals surface area contributed by atoms with Gasteiger partial charge < -0.3 is 14.1 Å². The largest absolute Gasteiger partial charge is 0.457 e. The highest BCUT2D eigenvalue weighted by molar-refractivity contribution is 5.79. The van der Waals surface area contributed by atoms with Gasteiger partial charge in [0.15, 0.2) is 6.39 Å². The third kappa shape index (κ3) is 3.87. The zero-order valence-corrected chi connectivity index (χ0v) is 15.3. The summed E-state index contributed by atoms with van der Waals surface area (Å²) >= 11 is 0. The van der Waals surface area contributed by atoms with Crippen LogP contribution >= 0.6 is 0 Å². The summed E-state index contributed by atoms with van der Waals surface area (Å²) in [6.07, 6.45) is 5.40. The minimum Gasteiger partial charge on any atom is -0.457 e. The quantitative estimate of drug-likeness (QED) is 0.661. The summed E-state index contributed by atoms with van der Waals surface area (Å²) in [5, 5.41) is 0. The molecule has 138 valence electrons. The van der Waals surface area contributed by atoms with Crippen LogP contribution in [0.5, 0.6) is 11.5 Å². The second-order valence-corrected chi connectivity index (χ2v) is 6.84. The molecule has 1 amide bonds. The zero-order chi connectivity index (χ0) is 18.6. The molecule has 2 aromatic carbocycles. The number of hydrogen-bond acceptors (Lipinski definition) is 4. The lowest BCUT2D eigenvalue weighted by Gasteiger charge is -2.23. The molecule has 2 heterocycles. The summed E-state index contributed by atoms with van der Waals surface area (Å²) < 4.78 is 11.3. The van der Waals surface area contributed by atoms with Gasteiger partial charge in [0, 0.05) is 6.54 Å². The molecule has 4 rings (SSSR count). The number of carbonyl (C=O) groups is 1. The van der Waals surface area contributed by atoms with Crippen LogP contribution in [0.1, 0.15) is 35.8 Å². The summed E-state index contributed by atoms with van der Waals surface area (Å²) in [4.78, 5) is 18.7. The van der Waals surface area contributed by atoms with Crippen LogP contribution in [0, 0.1) is 6.92 Å². The number of aryl methyl sites for hydroxylation is 1. The molecule has 1 aromatic heterocycles. The molecule has 5 nitrogen and oxygen atoms in total. The van der Waals surface area contributed by atoms with Gasteiger partial charge >= 0.3 is 0 Å². The number of amides is 1. The van der Waals surface area contributed by atoms with Gasteiger partial charge in [-0.25, -0.2) is 4.98 Å². The molecule has 0 N–H and O–H groups in total. The van der Waals surface area contributed by atoms with E-state index in [1.165, 1.54) is 6.39 Å². The molecule has 1 unspecified atom stereocenters. The fourth-order valence-electron chi connectivity index (χ4n) is 3.50. The second kappa shape index (κ2) is 7.66. The molecule has 1 atom stereocenters. The number of benzene rings is 2. The Morgan fingerprint density at radius 2 is 2.04 bits per heavy atom. The molecule has 0 radical (unpaired) electrons. The number of ether oxygens (including phenoxy) is 1. The fraction of sp³-hybridized carbons (Fsp3) is 0.273. The molecule has 0 saturated carbocycles.